The van der Waals surface area contributed by atoms with Crippen molar-refractivity contribution in [2.75, 3.05) is 0 Å². The van der Waals surface area contributed by atoms with Crippen molar-refractivity contribution in [3.63, 3.8) is 0 Å². The first-order valence-corrected chi connectivity index (χ1v) is 32.2. The van der Waals surface area contributed by atoms with Crippen LogP contribution in [0.2, 0.25) is 0 Å². The summed E-state index contributed by atoms with van der Waals surface area (Å²) in [5.74, 6) is 0. The molecule has 0 heterocycles. The molecule has 0 saturated heterocycles. The van der Waals surface area contributed by atoms with Crippen molar-refractivity contribution in [1.29, 1.82) is 0 Å². The second kappa shape index (κ2) is 17.6. The summed E-state index contributed by atoms with van der Waals surface area (Å²) >= 11 is 13.4. The molecule has 0 aromatic heterocycles. The molecule has 0 atom stereocenters. The standard InChI is InChI=1S/4BrH.Hf.5H2O/h4*1H;;5*1H2/q;;;;+4;;;;;/p-4. The molecule has 0 saturated carbocycles. The zero-order valence-corrected chi connectivity index (χ0v) is 14.4. The molecule has 72 valence electrons. The van der Waals surface area contributed by atoms with Gasteiger partial charge in [-0.05, 0) is 0 Å². The van der Waals surface area contributed by atoms with Crippen molar-refractivity contribution in [1.82, 2.24) is 0 Å². The first-order valence-electron chi connectivity index (χ1n) is 0.756. The summed E-state index contributed by atoms with van der Waals surface area (Å²) in [5.41, 5.74) is 0. The van der Waals surface area contributed by atoms with E-state index in [1.54, 1.807) is 0 Å². The zero-order valence-electron chi connectivity index (χ0n) is 4.51. The molecule has 10 heteroatoms. The van der Waals surface area contributed by atoms with Crippen molar-refractivity contribution in [3.05, 3.63) is 0 Å². The van der Waals surface area contributed by atoms with Gasteiger partial charge in [-0.3, -0.25) is 0 Å². The van der Waals surface area contributed by atoms with Crippen LogP contribution in [0.4, 0.5) is 0 Å². The molecule has 0 radical (unpaired) electrons. The van der Waals surface area contributed by atoms with Crippen LogP contribution in [0.5, 0.6) is 0 Å². The van der Waals surface area contributed by atoms with Crippen LogP contribution < -0.4 is 0 Å². The number of hydrogen-bond donors (Lipinski definition) is 0. The first kappa shape index (κ1) is 38.9. The Bertz CT molecular complexity index is 29.1. The fraction of sp³-hybridized carbons (Fsp3) is 0. The topological polar surface area (TPSA) is 158 Å². The second-order valence-corrected chi connectivity index (χ2v) is 94.7. The molecule has 0 fully saturated rings. The third-order valence-corrected chi connectivity index (χ3v) is 0. The van der Waals surface area contributed by atoms with Gasteiger partial charge >= 0.3 is 59.8 Å². The quantitative estimate of drug-likeness (QED) is 0.327. The summed E-state index contributed by atoms with van der Waals surface area (Å²) in [6.45, 7) is 0. The van der Waals surface area contributed by atoms with Gasteiger partial charge in [0.25, 0.3) is 0 Å². The van der Waals surface area contributed by atoms with Crippen molar-refractivity contribution in [2.24, 2.45) is 0 Å². The predicted molar refractivity (Wildman–Crippen MR) is 53.8 cm³/mol. The third-order valence-electron chi connectivity index (χ3n) is 0. The van der Waals surface area contributed by atoms with E-state index in [0.29, 0.717) is 0 Å². The van der Waals surface area contributed by atoms with E-state index in [2.05, 4.69) is 49.2 Å². The minimum atomic E-state index is -2.03. The van der Waals surface area contributed by atoms with Crippen LogP contribution >= 0.6 is 49.2 Å². The molecule has 0 aliphatic rings. The van der Waals surface area contributed by atoms with E-state index in [0.717, 1.165) is 0 Å². The number of hydrogen-bond acceptors (Lipinski definition) is 0. The van der Waals surface area contributed by atoms with E-state index in [9.17, 15) is 0 Å². The Morgan fingerprint density at radius 2 is 0.500 bits per heavy atom. The van der Waals surface area contributed by atoms with Gasteiger partial charge in [0.05, 0.1) is 0 Å². The number of rotatable bonds is 0. The molecule has 10 heavy (non-hydrogen) atoms. The molecule has 0 aliphatic heterocycles. The Balaban J connectivity index is -0.00000000800. The molecular formula is H10Br4HfO5. The Hall–Kier alpha value is 2.59. The normalized spacial score (nSPS) is 6.00. The molecule has 0 aromatic rings. The van der Waals surface area contributed by atoms with Gasteiger partial charge in [-0.15, -0.1) is 0 Å². The molecule has 0 aromatic carbocycles. The van der Waals surface area contributed by atoms with Gasteiger partial charge in [0.2, 0.25) is 0 Å². The molecule has 0 unspecified atom stereocenters. The van der Waals surface area contributed by atoms with Gasteiger partial charge < -0.3 is 27.4 Å². The van der Waals surface area contributed by atoms with E-state index in [1.807, 2.05) is 0 Å². The summed E-state index contributed by atoms with van der Waals surface area (Å²) < 4.78 is 0. The molecule has 5 nitrogen and oxygen atoms in total. The van der Waals surface area contributed by atoms with Crippen LogP contribution in [0.15, 0.2) is 0 Å². The van der Waals surface area contributed by atoms with Crippen molar-refractivity contribution < 1.29 is 38.0 Å². The molecule has 0 aliphatic carbocycles. The summed E-state index contributed by atoms with van der Waals surface area (Å²) in [5, 5.41) is 0. The van der Waals surface area contributed by atoms with Gasteiger partial charge in [-0.1, -0.05) is 0 Å². The van der Waals surface area contributed by atoms with Crippen molar-refractivity contribution in [3.8, 4) is 0 Å². The number of halogens is 4. The van der Waals surface area contributed by atoms with E-state index in [1.165, 1.54) is 0 Å². The summed E-state index contributed by atoms with van der Waals surface area (Å²) in [7, 11) is -2.03. The maximum atomic E-state index is 3.35. The molecule has 0 bridgehead atoms. The van der Waals surface area contributed by atoms with Gasteiger partial charge in [0, 0.05) is 0 Å². The molecule has 0 rings (SSSR count). The third kappa shape index (κ3) is 145. The molecule has 0 amide bonds. The van der Waals surface area contributed by atoms with Crippen LogP contribution in [-0.4, -0.2) is 27.4 Å². The van der Waals surface area contributed by atoms with Crippen molar-refractivity contribution in [2.45, 2.75) is 0 Å². The fourth-order valence-corrected chi connectivity index (χ4v) is 0. The van der Waals surface area contributed by atoms with Crippen molar-refractivity contribution >= 4 is 49.2 Å². The summed E-state index contributed by atoms with van der Waals surface area (Å²) in [6, 6.07) is 0. The van der Waals surface area contributed by atoms with Crippen LogP contribution in [0.3, 0.4) is 0 Å². The Morgan fingerprint density at radius 3 is 0.500 bits per heavy atom. The first-order chi connectivity index (χ1) is 2.00. The minimum absolute atomic E-state index is 0. The van der Waals surface area contributed by atoms with Crippen LogP contribution in [0.1, 0.15) is 0 Å². The summed E-state index contributed by atoms with van der Waals surface area (Å²) in [6.07, 6.45) is 0. The Kier molecular flexibility index (Phi) is 68.6. The van der Waals surface area contributed by atoms with Gasteiger partial charge in [0.15, 0.2) is 0 Å². The van der Waals surface area contributed by atoms with E-state index < -0.39 is 10.7 Å². The monoisotopic (exact) mass is 586 g/mol. The van der Waals surface area contributed by atoms with Gasteiger partial charge in [0.1, 0.15) is 0 Å². The zero-order chi connectivity index (χ0) is 4.50. The molecular weight excluding hydrogens is 578 g/mol. The Labute approximate surface area is 85.8 Å². The van der Waals surface area contributed by atoms with E-state index >= 15 is 0 Å². The fourth-order valence-electron chi connectivity index (χ4n) is 0. The Morgan fingerprint density at radius 1 is 0.500 bits per heavy atom. The van der Waals surface area contributed by atoms with E-state index in [-0.39, 0.29) is 27.4 Å². The average molecular weight is 588 g/mol. The SMILES string of the molecule is O.O.O.O.O.[Br][Hf]([Br])([Br])[Br]. The summed E-state index contributed by atoms with van der Waals surface area (Å²) in [4.78, 5) is 0. The van der Waals surface area contributed by atoms with E-state index in [4.69, 9.17) is 0 Å². The molecule has 10 N–H and O–H groups in total. The molecule has 0 spiro atoms. The second-order valence-electron chi connectivity index (χ2n) is 0.429. The van der Waals surface area contributed by atoms with Gasteiger partial charge in [-0.2, -0.15) is 0 Å². The van der Waals surface area contributed by atoms with Gasteiger partial charge in [-0.25, -0.2) is 0 Å². The van der Waals surface area contributed by atoms with Crippen LogP contribution in [0.25, 0.3) is 0 Å². The predicted octanol–water partition coefficient (Wildman–Crippen LogP) is -0.744. The maximum absolute atomic E-state index is 3.35. The van der Waals surface area contributed by atoms with Crippen LogP contribution in [0, 0.1) is 0 Å². The van der Waals surface area contributed by atoms with Crippen LogP contribution in [-0.2, 0) is 10.7 Å². The average Bonchev–Trinajstić information content (AvgIpc) is 0.722.